The Labute approximate surface area is 174 Å². The monoisotopic (exact) mass is 406 g/mol. The zero-order valence-corrected chi connectivity index (χ0v) is 17.2. The lowest BCUT2D eigenvalue weighted by molar-refractivity contribution is 0.0692. The molecule has 3 aromatic rings. The highest BCUT2D eigenvalue weighted by atomic mass is 16.5. The van der Waals surface area contributed by atoms with Gasteiger partial charge in [-0.15, -0.1) is 0 Å². The van der Waals surface area contributed by atoms with E-state index in [4.69, 9.17) is 14.2 Å². The first-order valence-corrected chi connectivity index (χ1v) is 9.20. The molecule has 1 N–H and O–H groups in total. The number of carbonyl (C=O) groups is 2. The van der Waals surface area contributed by atoms with Crippen molar-refractivity contribution in [3.8, 4) is 39.5 Å². The fraction of sp³-hybridized carbons (Fsp3) is 0.167. The number of ketones is 1. The Morgan fingerprint density at radius 3 is 1.80 bits per heavy atom. The summed E-state index contributed by atoms with van der Waals surface area (Å²) in [7, 11) is 4.53. The van der Waals surface area contributed by atoms with Crippen LogP contribution in [0.5, 0.6) is 17.2 Å². The standard InChI is InChI=1S/C24H22O6/c1-14(25)21-18(24(26)27)13-17(15-9-5-7-11-19(15)28-2)23(30-4)22(21)16-10-6-8-12-20(16)29-3/h5-13H,1-4H3,(H,26,27). The smallest absolute Gasteiger partial charge is 0.336 e. The molecule has 0 aliphatic heterocycles. The first-order chi connectivity index (χ1) is 14.4. The molecule has 3 aromatic carbocycles. The fourth-order valence-electron chi connectivity index (χ4n) is 3.59. The summed E-state index contributed by atoms with van der Waals surface area (Å²) in [6.45, 7) is 1.34. The summed E-state index contributed by atoms with van der Waals surface area (Å²) in [5.74, 6) is -0.201. The van der Waals surface area contributed by atoms with Crippen LogP contribution in [-0.2, 0) is 0 Å². The zero-order chi connectivity index (χ0) is 21.8. The van der Waals surface area contributed by atoms with Crippen molar-refractivity contribution in [3.63, 3.8) is 0 Å². The minimum atomic E-state index is -1.21. The van der Waals surface area contributed by atoms with Gasteiger partial charge in [-0.05, 0) is 25.1 Å². The molecule has 3 rings (SSSR count). The van der Waals surface area contributed by atoms with Gasteiger partial charge in [-0.3, -0.25) is 4.79 Å². The Morgan fingerprint density at radius 2 is 1.30 bits per heavy atom. The Kier molecular flexibility index (Phi) is 6.06. The highest BCUT2D eigenvalue weighted by molar-refractivity contribution is 6.13. The van der Waals surface area contributed by atoms with Crippen LogP contribution in [0, 0.1) is 0 Å². The number of para-hydroxylation sites is 2. The number of methoxy groups -OCH3 is 3. The summed E-state index contributed by atoms with van der Waals surface area (Å²) in [6, 6.07) is 15.8. The van der Waals surface area contributed by atoms with Crippen LogP contribution in [0.1, 0.15) is 27.6 Å². The van der Waals surface area contributed by atoms with Crippen LogP contribution >= 0.6 is 0 Å². The van der Waals surface area contributed by atoms with Crippen LogP contribution in [0.3, 0.4) is 0 Å². The van der Waals surface area contributed by atoms with E-state index in [1.165, 1.54) is 34.3 Å². The van der Waals surface area contributed by atoms with Crippen LogP contribution in [0.4, 0.5) is 0 Å². The molecule has 6 nitrogen and oxygen atoms in total. The molecule has 0 saturated heterocycles. The molecule has 0 bridgehead atoms. The number of hydrogen-bond acceptors (Lipinski definition) is 5. The third-order valence-electron chi connectivity index (χ3n) is 4.84. The van der Waals surface area contributed by atoms with E-state index in [2.05, 4.69) is 0 Å². The lowest BCUT2D eigenvalue weighted by Crippen LogP contribution is -2.11. The lowest BCUT2D eigenvalue weighted by Gasteiger charge is -2.21. The van der Waals surface area contributed by atoms with Crippen molar-refractivity contribution in [1.82, 2.24) is 0 Å². The molecule has 0 aliphatic rings. The minimum Gasteiger partial charge on any atom is -0.496 e. The molecule has 0 heterocycles. The lowest BCUT2D eigenvalue weighted by atomic mass is 9.87. The van der Waals surface area contributed by atoms with Gasteiger partial charge in [0.2, 0.25) is 0 Å². The molecule has 0 spiro atoms. The summed E-state index contributed by atoms with van der Waals surface area (Å²) in [5, 5.41) is 9.92. The normalized spacial score (nSPS) is 10.4. The maximum absolute atomic E-state index is 12.6. The molecule has 0 radical (unpaired) electrons. The molecular formula is C24H22O6. The number of carbonyl (C=O) groups excluding carboxylic acids is 1. The molecule has 0 aliphatic carbocycles. The number of ether oxygens (including phenoxy) is 3. The molecule has 0 fully saturated rings. The molecule has 0 unspecified atom stereocenters. The average molecular weight is 406 g/mol. The minimum absolute atomic E-state index is 0.0579. The van der Waals surface area contributed by atoms with Gasteiger partial charge in [-0.2, -0.15) is 0 Å². The number of aromatic carboxylic acids is 1. The summed E-state index contributed by atoms with van der Waals surface area (Å²) < 4.78 is 16.7. The van der Waals surface area contributed by atoms with Gasteiger partial charge in [-0.1, -0.05) is 36.4 Å². The van der Waals surface area contributed by atoms with Crippen molar-refractivity contribution in [2.24, 2.45) is 0 Å². The van der Waals surface area contributed by atoms with Crippen LogP contribution in [0.2, 0.25) is 0 Å². The predicted molar refractivity (Wildman–Crippen MR) is 114 cm³/mol. The SMILES string of the molecule is COc1ccccc1-c1cc(C(=O)O)c(C(C)=O)c(-c2ccccc2OC)c1OC. The van der Waals surface area contributed by atoms with E-state index in [0.29, 0.717) is 39.5 Å². The Hall–Kier alpha value is -3.80. The second-order valence-corrected chi connectivity index (χ2v) is 6.52. The maximum Gasteiger partial charge on any atom is 0.336 e. The number of benzene rings is 3. The van der Waals surface area contributed by atoms with Crippen LogP contribution in [-0.4, -0.2) is 38.2 Å². The van der Waals surface area contributed by atoms with Gasteiger partial charge in [0.15, 0.2) is 5.78 Å². The molecule has 0 saturated carbocycles. The van der Waals surface area contributed by atoms with Gasteiger partial charge in [0.25, 0.3) is 0 Å². The third-order valence-corrected chi connectivity index (χ3v) is 4.84. The molecule has 6 heteroatoms. The van der Waals surface area contributed by atoms with Crippen molar-refractivity contribution >= 4 is 11.8 Å². The van der Waals surface area contributed by atoms with Crippen molar-refractivity contribution in [3.05, 3.63) is 65.7 Å². The fourth-order valence-corrected chi connectivity index (χ4v) is 3.59. The molecule has 0 aromatic heterocycles. The third kappa shape index (κ3) is 3.59. The topological polar surface area (TPSA) is 82.1 Å². The highest BCUT2D eigenvalue weighted by Crippen LogP contribution is 2.47. The van der Waals surface area contributed by atoms with Gasteiger partial charge in [0.05, 0.1) is 26.9 Å². The van der Waals surface area contributed by atoms with Gasteiger partial charge < -0.3 is 19.3 Å². The van der Waals surface area contributed by atoms with E-state index < -0.39 is 11.8 Å². The van der Waals surface area contributed by atoms with Crippen LogP contribution in [0.15, 0.2) is 54.6 Å². The molecule has 30 heavy (non-hydrogen) atoms. The van der Waals surface area contributed by atoms with Crippen LogP contribution < -0.4 is 14.2 Å². The number of hydrogen-bond donors (Lipinski definition) is 1. The zero-order valence-electron chi connectivity index (χ0n) is 17.2. The van der Waals surface area contributed by atoms with Crippen molar-refractivity contribution < 1.29 is 28.9 Å². The quantitative estimate of drug-likeness (QED) is 0.559. The van der Waals surface area contributed by atoms with E-state index in [-0.39, 0.29) is 11.1 Å². The van der Waals surface area contributed by atoms with E-state index in [1.54, 1.807) is 30.3 Å². The van der Waals surface area contributed by atoms with E-state index in [1.807, 2.05) is 18.2 Å². The first-order valence-electron chi connectivity index (χ1n) is 9.20. The molecule has 154 valence electrons. The van der Waals surface area contributed by atoms with Gasteiger partial charge >= 0.3 is 5.97 Å². The van der Waals surface area contributed by atoms with Crippen LogP contribution in [0.25, 0.3) is 22.3 Å². The van der Waals surface area contributed by atoms with Gasteiger partial charge in [0, 0.05) is 27.8 Å². The summed E-state index contributed by atoms with van der Waals surface area (Å²) in [4.78, 5) is 24.8. The Balaban J connectivity index is 2.55. The Bertz CT molecular complexity index is 1120. The number of Topliss-reactive ketones (excluding diaryl/α,β-unsaturated/α-hetero) is 1. The second-order valence-electron chi connectivity index (χ2n) is 6.52. The summed E-state index contributed by atoms with van der Waals surface area (Å²) in [6.07, 6.45) is 0. The van der Waals surface area contributed by atoms with E-state index in [9.17, 15) is 14.7 Å². The number of carboxylic acids is 1. The predicted octanol–water partition coefficient (Wildman–Crippen LogP) is 4.95. The highest BCUT2D eigenvalue weighted by Gasteiger charge is 2.28. The first kappa shape index (κ1) is 20.9. The average Bonchev–Trinajstić information content (AvgIpc) is 2.77. The van der Waals surface area contributed by atoms with Crippen molar-refractivity contribution in [2.75, 3.05) is 21.3 Å². The second kappa shape index (κ2) is 8.69. The van der Waals surface area contributed by atoms with Crippen molar-refractivity contribution in [2.45, 2.75) is 6.92 Å². The van der Waals surface area contributed by atoms with E-state index >= 15 is 0 Å². The van der Waals surface area contributed by atoms with Gasteiger partial charge in [0.1, 0.15) is 17.2 Å². The largest absolute Gasteiger partial charge is 0.496 e. The molecule has 0 amide bonds. The Morgan fingerprint density at radius 1 is 0.767 bits per heavy atom. The molecule has 0 atom stereocenters. The summed E-state index contributed by atoms with van der Waals surface area (Å²) >= 11 is 0. The van der Waals surface area contributed by atoms with Gasteiger partial charge in [-0.25, -0.2) is 4.79 Å². The summed E-state index contributed by atoms with van der Waals surface area (Å²) in [5.41, 5.74) is 2.00. The van der Waals surface area contributed by atoms with E-state index in [0.717, 1.165) is 0 Å². The maximum atomic E-state index is 12.6. The number of rotatable bonds is 7. The number of carboxylic acid groups (broad SMARTS) is 1. The molecular weight excluding hydrogens is 384 g/mol. The van der Waals surface area contributed by atoms with Crippen molar-refractivity contribution in [1.29, 1.82) is 0 Å².